The molecular weight excluding hydrogens is 390 g/mol. The Morgan fingerprint density at radius 2 is 1.93 bits per heavy atom. The normalized spacial score (nSPS) is 16.4. The Hall–Kier alpha value is -3.65. The van der Waals surface area contributed by atoms with Crippen LogP contribution in [0.25, 0.3) is 17.4 Å². The lowest BCUT2D eigenvalue weighted by Crippen LogP contribution is -2.18. The molecule has 2 aromatic carbocycles. The number of rotatable bonds is 4. The number of thioether (sulfide) groups is 1. The zero-order valence-electron chi connectivity index (χ0n) is 15.3. The predicted octanol–water partition coefficient (Wildman–Crippen LogP) is 5.69. The van der Waals surface area contributed by atoms with Gasteiger partial charge in [0.15, 0.2) is 0 Å². The van der Waals surface area contributed by atoms with Gasteiger partial charge in [-0.15, -0.1) is 0 Å². The van der Waals surface area contributed by atoms with Gasteiger partial charge in [-0.25, -0.2) is 4.99 Å². The van der Waals surface area contributed by atoms with Crippen LogP contribution in [-0.2, 0) is 0 Å². The number of benzene rings is 2. The van der Waals surface area contributed by atoms with E-state index < -0.39 is 4.92 Å². The molecule has 3 aromatic rings. The van der Waals surface area contributed by atoms with Gasteiger partial charge in [0.25, 0.3) is 10.9 Å². The Balaban J connectivity index is 1.61. The number of carbonyl (C=O) groups excluding carboxylic acids is 1. The summed E-state index contributed by atoms with van der Waals surface area (Å²) < 4.78 is 5.83. The van der Waals surface area contributed by atoms with Gasteiger partial charge < -0.3 is 9.73 Å². The second-order valence-electron chi connectivity index (χ2n) is 6.33. The lowest BCUT2D eigenvalue weighted by molar-refractivity contribution is -0.384. The maximum absolute atomic E-state index is 11.9. The quantitative estimate of drug-likeness (QED) is 0.444. The van der Waals surface area contributed by atoms with Crippen LogP contribution in [0.1, 0.15) is 11.3 Å². The molecule has 0 unspecified atom stereocenters. The van der Waals surface area contributed by atoms with Crippen LogP contribution < -0.4 is 5.32 Å². The fraction of sp³-hybridized carbons (Fsp3) is 0.0476. The Labute approximate surface area is 170 Å². The molecule has 1 aliphatic heterocycles. The van der Waals surface area contributed by atoms with Gasteiger partial charge in [0.05, 0.1) is 15.5 Å². The molecule has 1 fully saturated rings. The minimum atomic E-state index is -0.446. The molecule has 0 spiro atoms. The number of amides is 1. The summed E-state index contributed by atoms with van der Waals surface area (Å²) in [6.07, 6.45) is 1.74. The molecule has 1 N–H and O–H groups in total. The van der Waals surface area contributed by atoms with Crippen molar-refractivity contribution in [2.45, 2.75) is 6.92 Å². The fourth-order valence-corrected chi connectivity index (χ4v) is 3.52. The van der Waals surface area contributed by atoms with Crippen molar-refractivity contribution in [2.24, 2.45) is 4.99 Å². The van der Waals surface area contributed by atoms with Gasteiger partial charge in [-0.3, -0.25) is 14.9 Å². The molecule has 0 aliphatic carbocycles. The van der Waals surface area contributed by atoms with Gasteiger partial charge >= 0.3 is 0 Å². The van der Waals surface area contributed by atoms with Crippen molar-refractivity contribution in [3.05, 3.63) is 87.0 Å². The summed E-state index contributed by atoms with van der Waals surface area (Å²) in [4.78, 5) is 27.4. The largest absolute Gasteiger partial charge is 0.457 e. The van der Waals surface area contributed by atoms with E-state index in [-0.39, 0.29) is 10.9 Å². The monoisotopic (exact) mass is 405 g/mol. The van der Waals surface area contributed by atoms with Gasteiger partial charge in [0, 0.05) is 17.7 Å². The number of nitro benzene ring substituents is 1. The van der Waals surface area contributed by atoms with E-state index >= 15 is 0 Å². The second-order valence-corrected chi connectivity index (χ2v) is 7.34. The molecule has 1 aliphatic rings. The van der Waals surface area contributed by atoms with Crippen LogP contribution in [0, 0.1) is 17.0 Å². The second kappa shape index (κ2) is 7.76. The molecule has 0 radical (unpaired) electrons. The maximum atomic E-state index is 11.9. The molecule has 1 saturated heterocycles. The molecule has 0 atom stereocenters. The fourth-order valence-electron chi connectivity index (χ4n) is 2.80. The zero-order chi connectivity index (χ0) is 20.4. The summed E-state index contributed by atoms with van der Waals surface area (Å²) in [5, 5.41) is 13.3. The van der Waals surface area contributed by atoms with Crippen LogP contribution in [0.15, 0.2) is 75.0 Å². The molecule has 0 bridgehead atoms. The third-order valence-electron chi connectivity index (χ3n) is 4.16. The minimum Gasteiger partial charge on any atom is -0.457 e. The summed E-state index contributed by atoms with van der Waals surface area (Å²) >= 11 is 1.05. The molecule has 2 heterocycles. The van der Waals surface area contributed by atoms with Crippen LogP contribution in [0.3, 0.4) is 0 Å². The molecule has 8 heteroatoms. The SMILES string of the molecule is Cc1cccc(N=C2NC(=O)SC2=Cc2ccc(-c3ccc([N+](=O)[O-])cc3)o2)c1. The van der Waals surface area contributed by atoms with Gasteiger partial charge in [-0.1, -0.05) is 12.1 Å². The Bertz CT molecular complexity index is 1160. The van der Waals surface area contributed by atoms with Gasteiger partial charge in [-0.05, 0) is 66.7 Å². The third-order valence-corrected chi connectivity index (χ3v) is 4.98. The van der Waals surface area contributed by atoms with Crippen LogP contribution in [0.2, 0.25) is 0 Å². The standard InChI is InChI=1S/C21H15N3O4S/c1-13-3-2-4-15(11-13)22-20-19(29-21(25)23-20)12-17-9-10-18(28-17)14-5-7-16(8-6-14)24(26)27/h2-12H,1H3,(H,22,23,25). The topological polar surface area (TPSA) is 97.7 Å². The third kappa shape index (κ3) is 4.27. The van der Waals surface area contributed by atoms with E-state index in [9.17, 15) is 14.9 Å². The highest BCUT2D eigenvalue weighted by Crippen LogP contribution is 2.31. The van der Waals surface area contributed by atoms with E-state index in [2.05, 4.69) is 10.3 Å². The molecular formula is C21H15N3O4S. The van der Waals surface area contributed by atoms with E-state index in [1.807, 2.05) is 31.2 Å². The number of non-ortho nitro benzene ring substituents is 1. The van der Waals surface area contributed by atoms with E-state index in [0.717, 1.165) is 28.6 Å². The maximum Gasteiger partial charge on any atom is 0.289 e. The predicted molar refractivity (Wildman–Crippen MR) is 113 cm³/mol. The zero-order valence-corrected chi connectivity index (χ0v) is 16.1. The van der Waals surface area contributed by atoms with E-state index in [1.165, 1.54) is 12.1 Å². The summed E-state index contributed by atoms with van der Waals surface area (Å²) in [6.45, 7) is 1.98. The van der Waals surface area contributed by atoms with Gasteiger partial charge in [0.1, 0.15) is 17.4 Å². The Morgan fingerprint density at radius 3 is 2.66 bits per heavy atom. The number of hydrogen-bond donors (Lipinski definition) is 1. The number of aliphatic imine (C=N–C) groups is 1. The number of nitrogens with one attached hydrogen (secondary N) is 1. The van der Waals surface area contributed by atoms with Crippen LogP contribution in [0.5, 0.6) is 0 Å². The lowest BCUT2D eigenvalue weighted by Gasteiger charge is -2.00. The molecule has 0 saturated carbocycles. The average Bonchev–Trinajstić information content (AvgIpc) is 3.29. The first-order chi connectivity index (χ1) is 14.0. The van der Waals surface area contributed by atoms with Crippen LogP contribution >= 0.6 is 11.8 Å². The first kappa shape index (κ1) is 18.7. The van der Waals surface area contributed by atoms with Crippen molar-refractivity contribution in [3.8, 4) is 11.3 Å². The van der Waals surface area contributed by atoms with E-state index in [0.29, 0.717) is 22.3 Å². The Kier molecular flexibility index (Phi) is 5.01. The number of amidine groups is 1. The smallest absolute Gasteiger partial charge is 0.289 e. The highest BCUT2D eigenvalue weighted by atomic mass is 32.2. The highest BCUT2D eigenvalue weighted by Gasteiger charge is 2.24. The number of carbonyl (C=O) groups is 1. The van der Waals surface area contributed by atoms with Crippen molar-refractivity contribution in [1.82, 2.24) is 5.32 Å². The molecule has 144 valence electrons. The summed E-state index contributed by atoms with van der Waals surface area (Å²) in [7, 11) is 0. The molecule has 29 heavy (non-hydrogen) atoms. The Morgan fingerprint density at radius 1 is 1.14 bits per heavy atom. The van der Waals surface area contributed by atoms with Gasteiger partial charge in [-0.2, -0.15) is 0 Å². The van der Waals surface area contributed by atoms with Crippen LogP contribution in [0.4, 0.5) is 16.2 Å². The number of aryl methyl sites for hydroxylation is 1. The summed E-state index contributed by atoms with van der Waals surface area (Å²) in [5.41, 5.74) is 2.57. The number of nitro groups is 1. The minimum absolute atomic E-state index is 0.0200. The number of furan rings is 1. The number of hydrogen-bond acceptors (Lipinski definition) is 6. The highest BCUT2D eigenvalue weighted by molar-refractivity contribution is 8.18. The van der Waals surface area contributed by atoms with Crippen molar-refractivity contribution in [2.75, 3.05) is 0 Å². The van der Waals surface area contributed by atoms with Crippen molar-refractivity contribution in [3.63, 3.8) is 0 Å². The first-order valence-corrected chi connectivity index (χ1v) is 9.50. The average molecular weight is 405 g/mol. The molecule has 1 aromatic heterocycles. The number of nitrogens with zero attached hydrogens (tertiary/aromatic N) is 2. The lowest BCUT2D eigenvalue weighted by atomic mass is 10.1. The van der Waals surface area contributed by atoms with Crippen molar-refractivity contribution < 1.29 is 14.1 Å². The first-order valence-electron chi connectivity index (χ1n) is 8.69. The molecule has 1 amide bonds. The van der Waals surface area contributed by atoms with E-state index in [1.54, 1.807) is 30.3 Å². The van der Waals surface area contributed by atoms with Crippen molar-refractivity contribution in [1.29, 1.82) is 0 Å². The molecule has 4 rings (SSSR count). The summed E-state index contributed by atoms with van der Waals surface area (Å²) in [5.74, 6) is 1.60. The van der Waals surface area contributed by atoms with E-state index in [4.69, 9.17) is 4.42 Å². The molecule has 7 nitrogen and oxygen atoms in total. The van der Waals surface area contributed by atoms with Crippen LogP contribution in [-0.4, -0.2) is 16.0 Å². The van der Waals surface area contributed by atoms with Gasteiger partial charge in [0.2, 0.25) is 0 Å². The summed E-state index contributed by atoms with van der Waals surface area (Å²) in [6, 6.07) is 17.4. The van der Waals surface area contributed by atoms with Crippen molar-refractivity contribution >= 4 is 40.3 Å².